The highest BCUT2D eigenvalue weighted by Gasteiger charge is 2.45. The van der Waals surface area contributed by atoms with Crippen LogP contribution in [0.1, 0.15) is 18.5 Å². The van der Waals surface area contributed by atoms with Gasteiger partial charge < -0.3 is 10.2 Å². The summed E-state index contributed by atoms with van der Waals surface area (Å²) in [6, 6.07) is 10.1. The Labute approximate surface area is 147 Å². The van der Waals surface area contributed by atoms with Gasteiger partial charge >= 0.3 is 0 Å². The van der Waals surface area contributed by atoms with Gasteiger partial charge in [-0.1, -0.05) is 12.1 Å². The fourth-order valence-corrected chi connectivity index (χ4v) is 3.02. The smallest absolute Gasteiger partial charge is 0.294 e. The normalized spacial score (nSPS) is 16.9. The summed E-state index contributed by atoms with van der Waals surface area (Å²) in [7, 11) is 0. The van der Waals surface area contributed by atoms with E-state index in [4.69, 9.17) is 0 Å². The number of ketones is 1. The van der Waals surface area contributed by atoms with Gasteiger partial charge in [0, 0.05) is 11.8 Å². The molecule has 0 aliphatic carbocycles. The zero-order valence-electron chi connectivity index (χ0n) is 13.6. The third kappa shape index (κ3) is 2.67. The third-order valence-corrected chi connectivity index (χ3v) is 4.14. The number of carbonyl (C=O) groups excluding carboxylic acids is 2. The second-order valence-corrected chi connectivity index (χ2v) is 5.73. The second kappa shape index (κ2) is 6.32. The number of phenols is 1. The number of aromatic hydroxyl groups is 1. The first kappa shape index (κ1) is 17.2. The fraction of sp³-hybridized carbons (Fsp3) is 0.111. The Kier molecular flexibility index (Phi) is 4.17. The van der Waals surface area contributed by atoms with Crippen molar-refractivity contribution >= 4 is 23.1 Å². The van der Waals surface area contributed by atoms with E-state index in [0.29, 0.717) is 0 Å². The zero-order valence-corrected chi connectivity index (χ0v) is 13.6. The average molecular weight is 354 g/mol. The van der Waals surface area contributed by atoms with Crippen LogP contribution in [0.25, 0.3) is 0 Å². The number of carbonyl (C=O) groups is 2. The van der Waals surface area contributed by atoms with Gasteiger partial charge in [-0.25, -0.2) is 0 Å². The van der Waals surface area contributed by atoms with Crippen LogP contribution in [0.3, 0.4) is 0 Å². The van der Waals surface area contributed by atoms with Crippen molar-refractivity contribution in [3.63, 3.8) is 0 Å². The standard InChI is InChI=1S/C18H14N2O6/c1-10(21)15-16(13-4-2-3-5-14(13)20(25)26)19(18(24)17(15)23)11-6-8-12(22)9-7-11/h2-9,16,22-23H,1H3/t16-/m1/s1. The Morgan fingerprint density at radius 3 is 2.31 bits per heavy atom. The number of aliphatic hydroxyl groups excluding tert-OH is 1. The highest BCUT2D eigenvalue weighted by Crippen LogP contribution is 2.43. The first-order valence-corrected chi connectivity index (χ1v) is 7.63. The molecule has 132 valence electrons. The molecule has 0 saturated carbocycles. The molecule has 0 bridgehead atoms. The molecule has 0 radical (unpaired) electrons. The molecule has 2 N–H and O–H groups in total. The number of nitrogens with zero attached hydrogens (tertiary/aromatic N) is 2. The SMILES string of the molecule is CC(=O)C1=C(O)C(=O)N(c2ccc(O)cc2)[C@@H]1c1ccccc1[N+](=O)[O-]. The van der Waals surface area contributed by atoms with Crippen LogP contribution in [0, 0.1) is 10.1 Å². The van der Waals surface area contributed by atoms with E-state index in [1.807, 2.05) is 0 Å². The fourth-order valence-electron chi connectivity index (χ4n) is 3.02. The van der Waals surface area contributed by atoms with Gasteiger partial charge in [0.25, 0.3) is 11.6 Å². The minimum absolute atomic E-state index is 0.0355. The molecule has 0 aromatic heterocycles. The number of anilines is 1. The van der Waals surface area contributed by atoms with E-state index in [-0.39, 0.29) is 28.3 Å². The van der Waals surface area contributed by atoms with Gasteiger partial charge in [0.15, 0.2) is 11.5 Å². The number of para-hydroxylation sites is 1. The summed E-state index contributed by atoms with van der Waals surface area (Å²) < 4.78 is 0. The molecule has 0 spiro atoms. The van der Waals surface area contributed by atoms with Crippen LogP contribution in [0.15, 0.2) is 59.9 Å². The molecular formula is C18H14N2O6. The van der Waals surface area contributed by atoms with E-state index in [9.17, 15) is 29.9 Å². The molecule has 1 amide bonds. The highest BCUT2D eigenvalue weighted by atomic mass is 16.6. The van der Waals surface area contributed by atoms with E-state index >= 15 is 0 Å². The predicted molar refractivity (Wildman–Crippen MR) is 91.8 cm³/mol. The van der Waals surface area contributed by atoms with E-state index in [2.05, 4.69) is 0 Å². The second-order valence-electron chi connectivity index (χ2n) is 5.73. The molecule has 1 heterocycles. The number of phenolic OH excluding ortho intramolecular Hbond substituents is 1. The molecule has 2 aromatic rings. The number of nitro benzene ring substituents is 1. The number of benzene rings is 2. The summed E-state index contributed by atoms with van der Waals surface area (Å²) >= 11 is 0. The molecule has 1 aliphatic heterocycles. The minimum Gasteiger partial charge on any atom is -0.508 e. The van der Waals surface area contributed by atoms with E-state index in [0.717, 1.165) is 4.90 Å². The van der Waals surface area contributed by atoms with Gasteiger partial charge in [-0.15, -0.1) is 0 Å². The average Bonchev–Trinajstić information content (AvgIpc) is 2.87. The van der Waals surface area contributed by atoms with Crippen LogP contribution in [0.4, 0.5) is 11.4 Å². The number of hydrogen-bond donors (Lipinski definition) is 2. The summed E-state index contributed by atoms with van der Waals surface area (Å²) in [4.78, 5) is 36.6. The van der Waals surface area contributed by atoms with Crippen molar-refractivity contribution in [2.24, 2.45) is 0 Å². The quantitative estimate of drug-likeness (QED) is 0.643. The third-order valence-electron chi connectivity index (χ3n) is 4.14. The number of Topliss-reactive ketones (excluding diaryl/α,β-unsaturated/α-hetero) is 1. The summed E-state index contributed by atoms with van der Waals surface area (Å²) in [6.45, 7) is 1.18. The van der Waals surface area contributed by atoms with Gasteiger partial charge in [-0.2, -0.15) is 0 Å². The number of aliphatic hydroxyl groups is 1. The Balaban J connectivity index is 2.25. The van der Waals surface area contributed by atoms with E-state index in [1.165, 1.54) is 49.4 Å². The number of hydrogen-bond acceptors (Lipinski definition) is 6. The first-order chi connectivity index (χ1) is 12.3. The Morgan fingerprint density at radius 2 is 1.73 bits per heavy atom. The van der Waals surface area contributed by atoms with Crippen LogP contribution in [0.2, 0.25) is 0 Å². The number of rotatable bonds is 4. The van der Waals surface area contributed by atoms with Crippen LogP contribution in [-0.2, 0) is 9.59 Å². The Morgan fingerprint density at radius 1 is 1.12 bits per heavy atom. The van der Waals surface area contributed by atoms with E-state index in [1.54, 1.807) is 6.07 Å². The monoisotopic (exact) mass is 354 g/mol. The molecule has 0 unspecified atom stereocenters. The number of nitro groups is 1. The molecule has 8 nitrogen and oxygen atoms in total. The molecule has 0 saturated heterocycles. The van der Waals surface area contributed by atoms with Gasteiger partial charge in [0.1, 0.15) is 11.8 Å². The van der Waals surface area contributed by atoms with Crippen molar-refractivity contribution in [2.75, 3.05) is 4.90 Å². The maximum atomic E-state index is 12.6. The van der Waals surface area contributed by atoms with Crippen LogP contribution in [0.5, 0.6) is 5.75 Å². The van der Waals surface area contributed by atoms with Crippen LogP contribution >= 0.6 is 0 Å². The van der Waals surface area contributed by atoms with Crippen molar-refractivity contribution in [1.29, 1.82) is 0 Å². The number of amides is 1. The summed E-state index contributed by atoms with van der Waals surface area (Å²) in [6.07, 6.45) is 0. The van der Waals surface area contributed by atoms with Crippen molar-refractivity contribution in [3.05, 3.63) is 75.5 Å². The summed E-state index contributed by atoms with van der Waals surface area (Å²) in [5.41, 5.74) is -0.105. The predicted octanol–water partition coefficient (Wildman–Crippen LogP) is 2.79. The van der Waals surface area contributed by atoms with Crippen molar-refractivity contribution in [3.8, 4) is 5.75 Å². The molecule has 1 atom stereocenters. The van der Waals surface area contributed by atoms with Gasteiger partial charge in [-0.3, -0.25) is 24.6 Å². The van der Waals surface area contributed by atoms with E-state index < -0.39 is 28.4 Å². The van der Waals surface area contributed by atoms with Crippen molar-refractivity contribution in [2.45, 2.75) is 13.0 Å². The molecular weight excluding hydrogens is 340 g/mol. The molecule has 0 fully saturated rings. The van der Waals surface area contributed by atoms with Crippen LogP contribution < -0.4 is 4.90 Å². The highest BCUT2D eigenvalue weighted by molar-refractivity contribution is 6.16. The lowest BCUT2D eigenvalue weighted by Gasteiger charge is -2.26. The van der Waals surface area contributed by atoms with Crippen LogP contribution in [-0.4, -0.2) is 26.8 Å². The van der Waals surface area contributed by atoms with Crippen molar-refractivity contribution < 1.29 is 24.7 Å². The Bertz CT molecular complexity index is 948. The lowest BCUT2D eigenvalue weighted by molar-refractivity contribution is -0.385. The molecule has 1 aliphatic rings. The maximum absolute atomic E-state index is 12.6. The molecule has 8 heteroatoms. The first-order valence-electron chi connectivity index (χ1n) is 7.63. The lowest BCUT2D eigenvalue weighted by Crippen LogP contribution is -2.31. The lowest BCUT2D eigenvalue weighted by atomic mass is 9.95. The summed E-state index contributed by atoms with van der Waals surface area (Å²) in [5, 5.41) is 31.1. The maximum Gasteiger partial charge on any atom is 0.294 e. The molecule has 3 rings (SSSR count). The largest absolute Gasteiger partial charge is 0.508 e. The van der Waals surface area contributed by atoms with Gasteiger partial charge in [0.2, 0.25) is 0 Å². The van der Waals surface area contributed by atoms with Gasteiger partial charge in [-0.05, 0) is 37.3 Å². The Hall–Kier alpha value is -3.68. The summed E-state index contributed by atoms with van der Waals surface area (Å²) in [5.74, 6) is -2.19. The topological polar surface area (TPSA) is 121 Å². The zero-order chi connectivity index (χ0) is 19.0. The van der Waals surface area contributed by atoms with Gasteiger partial charge in [0.05, 0.1) is 16.1 Å². The molecule has 26 heavy (non-hydrogen) atoms. The minimum atomic E-state index is -1.15. The molecule has 2 aromatic carbocycles. The van der Waals surface area contributed by atoms with Crippen molar-refractivity contribution in [1.82, 2.24) is 0 Å².